The van der Waals surface area contributed by atoms with Gasteiger partial charge >= 0.3 is 0 Å². The number of hydrogen-bond acceptors (Lipinski definition) is 4. The van der Waals surface area contributed by atoms with Crippen LogP contribution < -0.4 is 10.0 Å². The first-order valence-corrected chi connectivity index (χ1v) is 9.73. The van der Waals surface area contributed by atoms with Crippen molar-refractivity contribution in [2.24, 2.45) is 0 Å². The molecule has 3 rings (SSSR count). The van der Waals surface area contributed by atoms with E-state index in [0.717, 1.165) is 28.0 Å². The van der Waals surface area contributed by atoms with E-state index in [1.807, 2.05) is 0 Å². The number of para-hydroxylation sites is 1. The van der Waals surface area contributed by atoms with Crippen molar-refractivity contribution in [1.29, 1.82) is 0 Å². The standard InChI is InChI=1S/C14H13BrN2O3S2/c15-12-7-8-13(21-12)22(19,20)17-11-4-2-1-3-10(11)14(18)16-9-5-6-9/h1-4,7-9,17H,5-6H2,(H,16,18). The molecule has 0 spiro atoms. The number of nitrogens with one attached hydrogen (secondary N) is 2. The second-order valence-corrected chi connectivity index (χ2v) is 9.33. The number of rotatable bonds is 5. The molecule has 0 unspecified atom stereocenters. The van der Waals surface area contributed by atoms with Gasteiger partial charge in [-0.1, -0.05) is 12.1 Å². The van der Waals surface area contributed by atoms with Crippen molar-refractivity contribution in [1.82, 2.24) is 5.32 Å². The summed E-state index contributed by atoms with van der Waals surface area (Å²) in [5, 5.41) is 2.86. The molecule has 2 aromatic rings. The van der Waals surface area contributed by atoms with Crippen LogP contribution >= 0.6 is 27.3 Å². The van der Waals surface area contributed by atoms with E-state index in [1.54, 1.807) is 30.3 Å². The van der Waals surface area contributed by atoms with Crippen LogP contribution in [0.5, 0.6) is 0 Å². The van der Waals surface area contributed by atoms with E-state index in [9.17, 15) is 13.2 Å². The van der Waals surface area contributed by atoms with Gasteiger partial charge in [-0.05, 0) is 53.0 Å². The van der Waals surface area contributed by atoms with Crippen molar-refractivity contribution < 1.29 is 13.2 Å². The molecular weight excluding hydrogens is 388 g/mol. The van der Waals surface area contributed by atoms with Crippen molar-refractivity contribution in [3.8, 4) is 0 Å². The molecule has 1 aliphatic carbocycles. The van der Waals surface area contributed by atoms with E-state index >= 15 is 0 Å². The molecule has 1 aromatic carbocycles. The topological polar surface area (TPSA) is 75.3 Å². The van der Waals surface area contributed by atoms with Gasteiger partial charge in [0.05, 0.1) is 15.0 Å². The van der Waals surface area contributed by atoms with Gasteiger partial charge in [-0.3, -0.25) is 9.52 Å². The Morgan fingerprint density at radius 2 is 1.91 bits per heavy atom. The number of sulfonamides is 1. The highest BCUT2D eigenvalue weighted by atomic mass is 79.9. The lowest BCUT2D eigenvalue weighted by molar-refractivity contribution is 0.0952. The SMILES string of the molecule is O=C(NC1CC1)c1ccccc1NS(=O)(=O)c1ccc(Br)s1. The molecule has 22 heavy (non-hydrogen) atoms. The van der Waals surface area contributed by atoms with Crippen LogP contribution in [0, 0.1) is 0 Å². The zero-order valence-corrected chi connectivity index (χ0v) is 14.6. The normalized spacial score (nSPS) is 14.6. The Morgan fingerprint density at radius 1 is 1.18 bits per heavy atom. The summed E-state index contributed by atoms with van der Waals surface area (Å²) in [6.07, 6.45) is 1.95. The quantitative estimate of drug-likeness (QED) is 0.808. The van der Waals surface area contributed by atoms with Crippen LogP contribution in [0.25, 0.3) is 0 Å². The zero-order chi connectivity index (χ0) is 15.7. The van der Waals surface area contributed by atoms with Gasteiger partial charge < -0.3 is 5.32 Å². The van der Waals surface area contributed by atoms with E-state index in [2.05, 4.69) is 26.0 Å². The van der Waals surface area contributed by atoms with Crippen molar-refractivity contribution in [2.45, 2.75) is 23.1 Å². The lowest BCUT2D eigenvalue weighted by atomic mass is 10.1. The summed E-state index contributed by atoms with van der Waals surface area (Å²) in [5.74, 6) is -0.256. The van der Waals surface area contributed by atoms with Crippen molar-refractivity contribution in [3.05, 3.63) is 45.7 Å². The van der Waals surface area contributed by atoms with E-state index in [0.29, 0.717) is 5.56 Å². The maximum Gasteiger partial charge on any atom is 0.271 e. The summed E-state index contributed by atoms with van der Waals surface area (Å²) in [6.45, 7) is 0. The van der Waals surface area contributed by atoms with E-state index in [4.69, 9.17) is 0 Å². The molecule has 1 fully saturated rings. The molecule has 1 heterocycles. The Kier molecular flexibility index (Phi) is 4.24. The Balaban J connectivity index is 1.87. The van der Waals surface area contributed by atoms with Gasteiger partial charge in [0.25, 0.3) is 15.9 Å². The summed E-state index contributed by atoms with van der Waals surface area (Å²) >= 11 is 4.36. The van der Waals surface area contributed by atoms with Gasteiger partial charge in [0.1, 0.15) is 4.21 Å². The molecular formula is C14H13BrN2O3S2. The number of carbonyl (C=O) groups excluding carboxylic acids is 1. The average Bonchev–Trinajstić information content (AvgIpc) is 3.16. The van der Waals surface area contributed by atoms with Gasteiger partial charge in [0.15, 0.2) is 0 Å². The minimum atomic E-state index is -3.70. The number of carbonyl (C=O) groups is 1. The van der Waals surface area contributed by atoms with Gasteiger partial charge in [-0.25, -0.2) is 8.42 Å². The van der Waals surface area contributed by atoms with E-state index in [-0.39, 0.29) is 21.8 Å². The number of halogens is 1. The molecule has 1 saturated carbocycles. The molecule has 2 N–H and O–H groups in total. The minimum absolute atomic E-state index is 0.191. The van der Waals surface area contributed by atoms with E-state index in [1.165, 1.54) is 6.07 Å². The average molecular weight is 401 g/mol. The van der Waals surface area contributed by atoms with Crippen molar-refractivity contribution in [3.63, 3.8) is 0 Å². The first-order chi connectivity index (χ1) is 10.5. The fourth-order valence-corrected chi connectivity index (χ4v) is 4.99. The van der Waals surface area contributed by atoms with Crippen LogP contribution in [0.15, 0.2) is 44.4 Å². The molecule has 1 amide bonds. The second-order valence-electron chi connectivity index (χ2n) is 4.96. The third-order valence-electron chi connectivity index (χ3n) is 3.14. The van der Waals surface area contributed by atoms with Gasteiger partial charge in [-0.2, -0.15) is 0 Å². The van der Waals surface area contributed by atoms with Crippen LogP contribution in [-0.2, 0) is 10.0 Å². The molecule has 0 radical (unpaired) electrons. The number of benzene rings is 1. The molecule has 0 atom stereocenters. The van der Waals surface area contributed by atoms with Crippen LogP contribution in [0.1, 0.15) is 23.2 Å². The zero-order valence-electron chi connectivity index (χ0n) is 11.4. The summed E-state index contributed by atoms with van der Waals surface area (Å²) in [4.78, 5) is 12.2. The monoisotopic (exact) mass is 400 g/mol. The number of amides is 1. The summed E-state index contributed by atoms with van der Waals surface area (Å²) < 4.78 is 28.2. The molecule has 0 saturated heterocycles. The Bertz CT molecular complexity index is 813. The molecule has 1 aromatic heterocycles. The molecule has 8 heteroatoms. The third kappa shape index (κ3) is 3.50. The fourth-order valence-electron chi connectivity index (χ4n) is 1.90. The summed E-state index contributed by atoms with van der Waals surface area (Å²) in [5.41, 5.74) is 0.610. The Morgan fingerprint density at radius 3 is 2.55 bits per heavy atom. The molecule has 1 aliphatic rings. The van der Waals surface area contributed by atoms with Crippen LogP contribution in [0.3, 0.4) is 0 Å². The van der Waals surface area contributed by atoms with Crippen LogP contribution in [-0.4, -0.2) is 20.4 Å². The second kappa shape index (κ2) is 6.02. The first kappa shape index (κ1) is 15.5. The maximum atomic E-state index is 12.4. The van der Waals surface area contributed by atoms with Gasteiger partial charge in [-0.15, -0.1) is 11.3 Å². The molecule has 5 nitrogen and oxygen atoms in total. The van der Waals surface area contributed by atoms with Crippen molar-refractivity contribution in [2.75, 3.05) is 4.72 Å². The van der Waals surface area contributed by atoms with Gasteiger partial charge in [0, 0.05) is 6.04 Å². The predicted molar refractivity (Wildman–Crippen MR) is 89.8 cm³/mol. The lowest BCUT2D eigenvalue weighted by Gasteiger charge is -2.11. The smallest absolute Gasteiger partial charge is 0.271 e. The minimum Gasteiger partial charge on any atom is -0.349 e. The lowest BCUT2D eigenvalue weighted by Crippen LogP contribution is -2.26. The predicted octanol–water partition coefficient (Wildman–Crippen LogP) is 3.20. The maximum absolute atomic E-state index is 12.4. The summed E-state index contributed by atoms with van der Waals surface area (Å²) in [6, 6.07) is 10.00. The van der Waals surface area contributed by atoms with Crippen molar-refractivity contribution >= 4 is 48.9 Å². The highest BCUT2D eigenvalue weighted by Gasteiger charge is 2.26. The Hall–Kier alpha value is -1.38. The Labute approximate surface area is 140 Å². The van der Waals surface area contributed by atoms with Crippen LogP contribution in [0.4, 0.5) is 5.69 Å². The highest BCUT2D eigenvalue weighted by Crippen LogP contribution is 2.28. The number of hydrogen-bond donors (Lipinski definition) is 2. The van der Waals surface area contributed by atoms with Gasteiger partial charge in [0.2, 0.25) is 0 Å². The third-order valence-corrected chi connectivity index (χ3v) is 6.62. The first-order valence-electron chi connectivity index (χ1n) is 6.64. The molecule has 0 bridgehead atoms. The number of anilines is 1. The van der Waals surface area contributed by atoms with Crippen LogP contribution in [0.2, 0.25) is 0 Å². The summed E-state index contributed by atoms with van der Waals surface area (Å²) in [7, 11) is -3.70. The number of thiophene rings is 1. The highest BCUT2D eigenvalue weighted by molar-refractivity contribution is 9.11. The molecule has 0 aliphatic heterocycles. The van der Waals surface area contributed by atoms with E-state index < -0.39 is 10.0 Å². The molecule has 116 valence electrons. The fraction of sp³-hybridized carbons (Fsp3) is 0.214. The largest absolute Gasteiger partial charge is 0.349 e.